The van der Waals surface area contributed by atoms with E-state index >= 15 is 0 Å². The highest BCUT2D eigenvalue weighted by Crippen LogP contribution is 2.34. The van der Waals surface area contributed by atoms with Crippen molar-refractivity contribution < 1.29 is 52.7 Å². The molecule has 3 fully saturated rings. The minimum absolute atomic E-state index is 0.113. The van der Waals surface area contributed by atoms with E-state index in [0.29, 0.717) is 32.3 Å². The highest BCUT2D eigenvalue weighted by molar-refractivity contribution is 7.89. The molecule has 1 unspecified atom stereocenters. The van der Waals surface area contributed by atoms with Crippen molar-refractivity contribution in [2.24, 2.45) is 11.7 Å². The maximum Gasteiger partial charge on any atom is 0.416 e. The van der Waals surface area contributed by atoms with Gasteiger partial charge in [-0.05, 0) is 164 Å². The topological polar surface area (TPSA) is 122 Å². The molecule has 61 heavy (non-hydrogen) atoms. The zero-order chi connectivity index (χ0) is 45.0. The van der Waals surface area contributed by atoms with Gasteiger partial charge in [0.15, 0.2) is 0 Å². The molecule has 0 saturated heterocycles. The molecule has 2 N–H and O–H groups in total. The maximum absolute atomic E-state index is 12.9. The fraction of sp³-hybridized carbons (Fsp3) is 0.721. The summed E-state index contributed by atoms with van der Waals surface area (Å²) in [4.78, 5) is 2.16. The molecule has 5 rings (SSSR count). The Morgan fingerprint density at radius 1 is 0.623 bits per heavy atom. The Labute approximate surface area is 359 Å². The van der Waals surface area contributed by atoms with Crippen LogP contribution in [0.5, 0.6) is 0 Å². The predicted molar refractivity (Wildman–Crippen MR) is 224 cm³/mol. The van der Waals surface area contributed by atoms with Gasteiger partial charge in [-0.3, -0.25) is 0 Å². The largest absolute Gasteiger partial charge is 0.416 e. The summed E-state index contributed by atoms with van der Waals surface area (Å²) in [6.07, 6.45) is 4.77. The van der Waals surface area contributed by atoms with E-state index in [1.54, 1.807) is 0 Å². The normalized spacial score (nSPS) is 22.3. The molecule has 2 aromatic carbocycles. The molecule has 3 saturated carbocycles. The number of nitrogens with two attached hydrogens (primary N) is 1. The van der Waals surface area contributed by atoms with Gasteiger partial charge >= 0.3 is 12.4 Å². The number of hydrogen-bond donors (Lipinski definition) is 1. The number of alkyl halides is 6. The van der Waals surface area contributed by atoms with Crippen molar-refractivity contribution in [2.45, 2.75) is 156 Å². The second-order valence-electron chi connectivity index (χ2n) is 16.9. The van der Waals surface area contributed by atoms with Gasteiger partial charge in [-0.25, -0.2) is 16.8 Å². The molecule has 10 nitrogen and oxygen atoms in total. The lowest BCUT2D eigenvalue weighted by atomic mass is 9.93. The molecule has 3 aliphatic rings. The number of ether oxygens (including phenoxy) is 2. The van der Waals surface area contributed by atoms with Crippen LogP contribution in [0.25, 0.3) is 0 Å². The van der Waals surface area contributed by atoms with E-state index in [1.165, 1.54) is 42.1 Å². The first-order valence-corrected chi connectivity index (χ1v) is 24.5. The second-order valence-corrected chi connectivity index (χ2v) is 20.9. The highest BCUT2D eigenvalue weighted by atomic mass is 32.2. The molecule has 0 bridgehead atoms. The minimum atomic E-state index is -4.49. The first-order chi connectivity index (χ1) is 28.6. The summed E-state index contributed by atoms with van der Waals surface area (Å²) in [6.45, 7) is 5.74. The predicted octanol–water partition coefficient (Wildman–Crippen LogP) is 8.95. The first-order valence-electron chi connectivity index (χ1n) is 21.6. The third-order valence-electron chi connectivity index (χ3n) is 12.2. The molecule has 0 spiro atoms. The molecule has 1 atom stereocenters. The van der Waals surface area contributed by atoms with Crippen molar-refractivity contribution in [2.75, 3.05) is 47.4 Å². The van der Waals surface area contributed by atoms with Crippen LogP contribution in [-0.4, -0.2) is 108 Å². The third-order valence-corrected chi connectivity index (χ3v) is 16.0. The lowest BCUT2D eigenvalue weighted by Gasteiger charge is -2.34. The van der Waals surface area contributed by atoms with Crippen LogP contribution in [0, 0.1) is 5.92 Å². The van der Waals surface area contributed by atoms with E-state index in [9.17, 15) is 43.2 Å². The van der Waals surface area contributed by atoms with Gasteiger partial charge in [0.25, 0.3) is 0 Å². The molecule has 3 aliphatic carbocycles. The number of nitrogens with zero attached hydrogens (tertiary/aromatic N) is 3. The summed E-state index contributed by atoms with van der Waals surface area (Å²) in [5.41, 5.74) is 4.17. The Morgan fingerprint density at radius 3 is 1.38 bits per heavy atom. The van der Waals surface area contributed by atoms with Gasteiger partial charge in [-0.1, -0.05) is 6.92 Å². The van der Waals surface area contributed by atoms with E-state index in [0.717, 1.165) is 125 Å². The number of unbranched alkanes of at least 4 members (excludes halogenated alkanes) is 1. The summed E-state index contributed by atoms with van der Waals surface area (Å²) in [5.74, 6) is 0.910. The quantitative estimate of drug-likeness (QED) is 0.103. The Bertz CT molecular complexity index is 1810. The van der Waals surface area contributed by atoms with Crippen LogP contribution in [0.3, 0.4) is 0 Å². The van der Waals surface area contributed by atoms with E-state index < -0.39 is 43.5 Å². The molecule has 18 heteroatoms. The molecule has 0 amide bonds. The number of halogens is 6. The van der Waals surface area contributed by atoms with Gasteiger partial charge in [0.1, 0.15) is 0 Å². The van der Waals surface area contributed by atoms with Crippen molar-refractivity contribution in [3.63, 3.8) is 0 Å². The molecule has 0 radical (unpaired) electrons. The van der Waals surface area contributed by atoms with Crippen molar-refractivity contribution in [1.82, 2.24) is 13.5 Å². The highest BCUT2D eigenvalue weighted by Gasteiger charge is 2.36. The van der Waals surface area contributed by atoms with Crippen LogP contribution < -0.4 is 5.73 Å². The second kappa shape index (κ2) is 23.0. The molecule has 348 valence electrons. The summed E-state index contributed by atoms with van der Waals surface area (Å²) in [7, 11) is -2.50. The summed E-state index contributed by atoms with van der Waals surface area (Å²) in [6, 6.07) is 7.19. The van der Waals surface area contributed by atoms with Crippen molar-refractivity contribution >= 4 is 20.0 Å². The Kier molecular flexibility index (Phi) is 19.4. The molecule has 2 aromatic rings. The number of hydrogen-bond acceptors (Lipinski definition) is 8. The standard InChI is InChI=1S/C23H35F3N2O3S.C20H31F3N2O3S/c1-27(17-18-5-6-18)15-3-4-16-31-21-11-9-20(10-12-21)28(2)32(29,30)22-13-7-19(8-14-22)23(24,25)26;1-3-16(24)5-4-14-28-18-10-8-17(9-11-18)25(2)29(26,27)19-12-6-15(7-13-19)20(21,22)23/h7-8,13-14,18,20-21H,3-6,9-12,15-17H2,1-2H3;6-7,12-13,16-18H,3-5,8-11,14,24H2,1-2H3/t20-,21-;16?,17-,18-. The zero-order valence-corrected chi connectivity index (χ0v) is 37.6. The van der Waals surface area contributed by atoms with Gasteiger partial charge < -0.3 is 20.1 Å². The SMILES string of the molecule is CCC(N)CCCO[C@H]1CC[C@H](N(C)S(=O)(=O)c2ccc(C(F)(F)F)cc2)CC1.CN(CCCCO[C@H]1CC[C@H](N(C)S(=O)(=O)c2ccc(C(F)(F)F)cc2)CC1)CC1CC1. The van der Waals surface area contributed by atoms with Crippen molar-refractivity contribution in [3.8, 4) is 0 Å². The molecule has 0 aromatic heterocycles. The lowest BCUT2D eigenvalue weighted by molar-refractivity contribution is -0.138. The van der Waals surface area contributed by atoms with Crippen LogP contribution >= 0.6 is 0 Å². The van der Waals surface area contributed by atoms with Crippen LogP contribution in [0.2, 0.25) is 0 Å². The number of sulfonamides is 2. The first kappa shape index (κ1) is 51.3. The molecule has 0 heterocycles. The number of benzene rings is 2. The van der Waals surface area contributed by atoms with E-state index in [-0.39, 0.29) is 40.1 Å². The van der Waals surface area contributed by atoms with Crippen molar-refractivity contribution in [3.05, 3.63) is 59.7 Å². The Balaban J connectivity index is 0.000000270. The fourth-order valence-electron chi connectivity index (χ4n) is 7.87. The molecular formula is C43H66F6N4O6S2. The summed E-state index contributed by atoms with van der Waals surface area (Å²) >= 11 is 0. The fourth-order valence-corrected chi connectivity index (χ4v) is 10.7. The van der Waals surface area contributed by atoms with Gasteiger partial charge in [0, 0.05) is 52.0 Å². The molecular weight excluding hydrogens is 847 g/mol. The average molecular weight is 913 g/mol. The van der Waals surface area contributed by atoms with Gasteiger partial charge in [0.2, 0.25) is 20.0 Å². The lowest BCUT2D eigenvalue weighted by Crippen LogP contribution is -2.40. The monoisotopic (exact) mass is 912 g/mol. The van der Waals surface area contributed by atoms with Gasteiger partial charge in [0.05, 0.1) is 33.1 Å². The minimum Gasteiger partial charge on any atom is -0.378 e. The van der Waals surface area contributed by atoms with Crippen LogP contribution in [-0.2, 0) is 41.9 Å². The zero-order valence-electron chi connectivity index (χ0n) is 36.0. The molecule has 0 aliphatic heterocycles. The summed E-state index contributed by atoms with van der Waals surface area (Å²) < 4.78 is 142. The van der Waals surface area contributed by atoms with Crippen LogP contribution in [0.15, 0.2) is 58.3 Å². The third kappa shape index (κ3) is 16.0. The average Bonchev–Trinajstić information content (AvgIpc) is 4.05. The van der Waals surface area contributed by atoms with Crippen LogP contribution in [0.4, 0.5) is 26.3 Å². The van der Waals surface area contributed by atoms with E-state index in [4.69, 9.17) is 15.2 Å². The number of rotatable bonds is 20. The maximum atomic E-state index is 12.9. The van der Waals surface area contributed by atoms with Gasteiger partial charge in [-0.15, -0.1) is 0 Å². The van der Waals surface area contributed by atoms with E-state index in [1.807, 2.05) is 0 Å². The van der Waals surface area contributed by atoms with Crippen LogP contribution in [0.1, 0.15) is 114 Å². The van der Waals surface area contributed by atoms with Gasteiger partial charge in [-0.2, -0.15) is 35.0 Å². The Morgan fingerprint density at radius 2 is 1.02 bits per heavy atom. The van der Waals surface area contributed by atoms with E-state index in [2.05, 4.69) is 18.9 Å². The summed E-state index contributed by atoms with van der Waals surface area (Å²) in [5, 5.41) is 0. The smallest absolute Gasteiger partial charge is 0.378 e. The Hall–Kier alpha value is -2.32. The van der Waals surface area contributed by atoms with Crippen molar-refractivity contribution in [1.29, 1.82) is 0 Å².